The second-order valence-electron chi connectivity index (χ2n) is 8.28. The van der Waals surface area contributed by atoms with Crippen LogP contribution in [0.1, 0.15) is 43.3 Å². The normalized spacial score (nSPS) is 11.3. The van der Waals surface area contributed by atoms with Crippen molar-refractivity contribution in [2.75, 3.05) is 0 Å². The number of aryl methyl sites for hydroxylation is 1. The summed E-state index contributed by atoms with van der Waals surface area (Å²) in [5.41, 5.74) is 6.31. The van der Waals surface area contributed by atoms with Gasteiger partial charge >= 0.3 is 0 Å². The van der Waals surface area contributed by atoms with Crippen LogP contribution in [0.25, 0.3) is 10.4 Å². The highest BCUT2D eigenvalue weighted by Gasteiger charge is 2.18. The lowest BCUT2D eigenvalue weighted by molar-refractivity contribution is 0.569. The molecule has 0 aliphatic heterocycles. The van der Waals surface area contributed by atoms with Crippen molar-refractivity contribution in [3.8, 4) is 10.4 Å². The van der Waals surface area contributed by atoms with E-state index < -0.39 is 0 Å². The topological polar surface area (TPSA) is 38.1 Å². The van der Waals surface area contributed by atoms with Crippen molar-refractivity contribution in [3.63, 3.8) is 0 Å². The van der Waals surface area contributed by atoms with Gasteiger partial charge in [-0.25, -0.2) is 9.98 Å². The standard InChI is InChI=1S/C26H25N3S/c1-18-24(21-15-16-27-22(17-21)26(2,3)4)30-25(28-18)29-23(19-11-7-5-8-12-19)20-13-9-6-10-14-20/h5-17H,1-4H3. The van der Waals surface area contributed by atoms with Crippen LogP contribution in [0.4, 0.5) is 5.13 Å². The molecule has 150 valence electrons. The van der Waals surface area contributed by atoms with E-state index in [0.717, 1.165) is 43.8 Å². The molecule has 0 spiro atoms. The van der Waals surface area contributed by atoms with Gasteiger partial charge in [0.2, 0.25) is 5.13 Å². The Morgan fingerprint density at radius 3 is 2.03 bits per heavy atom. The molecule has 0 unspecified atom stereocenters. The number of hydrogen-bond acceptors (Lipinski definition) is 4. The Kier molecular flexibility index (Phi) is 5.60. The monoisotopic (exact) mass is 411 g/mol. The van der Waals surface area contributed by atoms with E-state index in [9.17, 15) is 0 Å². The van der Waals surface area contributed by atoms with Gasteiger partial charge in [0, 0.05) is 28.4 Å². The maximum atomic E-state index is 4.99. The number of nitrogens with zero attached hydrogens (tertiary/aromatic N) is 3. The van der Waals surface area contributed by atoms with Gasteiger partial charge < -0.3 is 0 Å². The zero-order valence-electron chi connectivity index (χ0n) is 17.8. The summed E-state index contributed by atoms with van der Waals surface area (Å²) in [4.78, 5) is 15.5. The van der Waals surface area contributed by atoms with Gasteiger partial charge in [-0.15, -0.1) is 0 Å². The summed E-state index contributed by atoms with van der Waals surface area (Å²) >= 11 is 1.62. The highest BCUT2D eigenvalue weighted by Crippen LogP contribution is 2.36. The van der Waals surface area contributed by atoms with E-state index in [1.807, 2.05) is 49.5 Å². The lowest BCUT2D eigenvalue weighted by Gasteiger charge is -2.18. The number of benzene rings is 2. The molecule has 0 N–H and O–H groups in total. The summed E-state index contributed by atoms with van der Waals surface area (Å²) < 4.78 is 0. The highest BCUT2D eigenvalue weighted by molar-refractivity contribution is 7.18. The number of aromatic nitrogens is 2. The number of hydrogen-bond donors (Lipinski definition) is 0. The molecule has 2 aromatic heterocycles. The first-order valence-corrected chi connectivity index (χ1v) is 10.9. The summed E-state index contributed by atoms with van der Waals surface area (Å²) in [5.74, 6) is 0. The molecule has 0 aliphatic rings. The third kappa shape index (κ3) is 4.39. The summed E-state index contributed by atoms with van der Waals surface area (Å²) in [6, 6.07) is 24.8. The second kappa shape index (κ2) is 8.33. The van der Waals surface area contributed by atoms with Crippen LogP contribution in [0.2, 0.25) is 0 Å². The van der Waals surface area contributed by atoms with Gasteiger partial charge in [0.25, 0.3) is 0 Å². The van der Waals surface area contributed by atoms with Crippen molar-refractivity contribution in [2.45, 2.75) is 33.1 Å². The summed E-state index contributed by atoms with van der Waals surface area (Å²) in [7, 11) is 0. The van der Waals surface area contributed by atoms with Crippen LogP contribution in [-0.2, 0) is 5.41 Å². The van der Waals surface area contributed by atoms with Gasteiger partial charge in [-0.1, -0.05) is 92.8 Å². The van der Waals surface area contributed by atoms with Crippen molar-refractivity contribution in [1.29, 1.82) is 0 Å². The van der Waals surface area contributed by atoms with Crippen molar-refractivity contribution in [3.05, 3.63) is 102 Å². The first-order valence-electron chi connectivity index (χ1n) is 10.1. The Bertz CT molecular complexity index is 1130. The predicted octanol–water partition coefficient (Wildman–Crippen LogP) is 6.98. The molecule has 0 atom stereocenters. The van der Waals surface area contributed by atoms with Crippen molar-refractivity contribution < 1.29 is 0 Å². The molecule has 3 nitrogen and oxygen atoms in total. The van der Waals surface area contributed by atoms with Gasteiger partial charge in [-0.3, -0.25) is 4.98 Å². The van der Waals surface area contributed by atoms with Crippen LogP contribution < -0.4 is 0 Å². The van der Waals surface area contributed by atoms with Crippen LogP contribution >= 0.6 is 11.3 Å². The minimum absolute atomic E-state index is 0.00335. The fraction of sp³-hybridized carbons (Fsp3) is 0.192. The molecule has 4 aromatic rings. The van der Waals surface area contributed by atoms with Gasteiger partial charge in [-0.05, 0) is 24.6 Å². The van der Waals surface area contributed by atoms with Crippen molar-refractivity contribution in [1.82, 2.24) is 9.97 Å². The van der Waals surface area contributed by atoms with E-state index in [1.54, 1.807) is 11.3 Å². The number of thiazole rings is 1. The predicted molar refractivity (Wildman–Crippen MR) is 127 cm³/mol. The molecular weight excluding hydrogens is 386 g/mol. The number of pyridine rings is 1. The van der Waals surface area contributed by atoms with E-state index in [4.69, 9.17) is 9.98 Å². The minimum Gasteiger partial charge on any atom is -0.261 e. The van der Waals surface area contributed by atoms with E-state index in [0.29, 0.717) is 0 Å². The quantitative estimate of drug-likeness (QED) is 0.340. The molecule has 0 fully saturated rings. The molecule has 4 heteroatoms. The van der Waals surface area contributed by atoms with Crippen LogP contribution in [0, 0.1) is 6.92 Å². The largest absolute Gasteiger partial charge is 0.261 e. The molecular formula is C26H25N3S. The van der Waals surface area contributed by atoms with Crippen LogP contribution in [-0.4, -0.2) is 15.7 Å². The summed E-state index contributed by atoms with van der Waals surface area (Å²) in [6.07, 6.45) is 1.89. The van der Waals surface area contributed by atoms with E-state index >= 15 is 0 Å². The Morgan fingerprint density at radius 2 is 1.47 bits per heavy atom. The van der Waals surface area contributed by atoms with Crippen LogP contribution in [0.5, 0.6) is 0 Å². The first kappa shape index (κ1) is 20.2. The molecule has 0 radical (unpaired) electrons. The third-order valence-corrected chi connectivity index (χ3v) is 5.98. The van der Waals surface area contributed by atoms with Gasteiger partial charge in [-0.2, -0.15) is 0 Å². The summed E-state index contributed by atoms with van der Waals surface area (Å²) in [5, 5.41) is 0.763. The minimum atomic E-state index is 0.00335. The zero-order chi connectivity index (χ0) is 21.1. The Balaban J connectivity index is 1.79. The average molecular weight is 412 g/mol. The van der Waals surface area contributed by atoms with Crippen molar-refractivity contribution >= 4 is 22.2 Å². The van der Waals surface area contributed by atoms with E-state index in [2.05, 4.69) is 62.2 Å². The Labute approximate surface area is 182 Å². The average Bonchev–Trinajstić information content (AvgIpc) is 3.13. The maximum Gasteiger partial charge on any atom is 0.210 e. The Hall–Kier alpha value is -3.11. The Morgan fingerprint density at radius 1 is 0.867 bits per heavy atom. The molecule has 30 heavy (non-hydrogen) atoms. The highest BCUT2D eigenvalue weighted by atomic mass is 32.1. The van der Waals surface area contributed by atoms with Gasteiger partial charge in [0.1, 0.15) is 0 Å². The molecule has 4 rings (SSSR count). The summed E-state index contributed by atoms with van der Waals surface area (Å²) in [6.45, 7) is 8.59. The fourth-order valence-electron chi connectivity index (χ4n) is 3.26. The van der Waals surface area contributed by atoms with Crippen LogP contribution in [0.3, 0.4) is 0 Å². The molecule has 0 saturated heterocycles. The second-order valence-corrected chi connectivity index (χ2v) is 9.26. The molecule has 2 aromatic carbocycles. The molecule has 0 bridgehead atoms. The number of aliphatic imine (C=N–C) groups is 1. The molecule has 0 amide bonds. The molecule has 0 saturated carbocycles. The smallest absolute Gasteiger partial charge is 0.210 e. The van der Waals surface area contributed by atoms with Crippen molar-refractivity contribution in [2.24, 2.45) is 4.99 Å². The van der Waals surface area contributed by atoms with Crippen LogP contribution in [0.15, 0.2) is 84.0 Å². The maximum absolute atomic E-state index is 4.99. The van der Waals surface area contributed by atoms with Gasteiger partial charge in [0.15, 0.2) is 0 Å². The zero-order valence-corrected chi connectivity index (χ0v) is 18.6. The molecule has 0 aliphatic carbocycles. The van der Waals surface area contributed by atoms with E-state index in [1.165, 1.54) is 0 Å². The number of rotatable bonds is 4. The third-order valence-electron chi connectivity index (χ3n) is 4.88. The lowest BCUT2D eigenvalue weighted by Crippen LogP contribution is -2.13. The molecule has 2 heterocycles. The SMILES string of the molecule is Cc1nc(N=C(c2ccccc2)c2ccccc2)sc1-c1ccnc(C(C)(C)C)c1. The fourth-order valence-corrected chi connectivity index (χ4v) is 4.20. The van der Waals surface area contributed by atoms with E-state index in [-0.39, 0.29) is 5.41 Å². The lowest BCUT2D eigenvalue weighted by atomic mass is 9.90. The van der Waals surface area contributed by atoms with Gasteiger partial charge in [0.05, 0.1) is 16.3 Å². The first-order chi connectivity index (χ1) is 14.4.